The predicted molar refractivity (Wildman–Crippen MR) is 141 cm³/mol. The van der Waals surface area contributed by atoms with E-state index in [9.17, 15) is 9.59 Å². The standard InChI is InChI=1S/C31H28N2O4/c34-29(19-23-10-4-1-5-11-23)33(21-24-12-6-2-7-13-24)30(26-14-8-3-9-15-26)31(35)32-20-25-16-17-27-28(18-25)37-22-36-27/h1-18,30H,19-22H2,(H,32,35)/t30-/m1/s1. The lowest BCUT2D eigenvalue weighted by atomic mass is 10.0. The number of benzene rings is 4. The van der Waals surface area contributed by atoms with Crippen molar-refractivity contribution in [2.75, 3.05) is 6.79 Å². The van der Waals surface area contributed by atoms with Gasteiger partial charge in [0.2, 0.25) is 18.6 Å². The minimum atomic E-state index is -0.799. The van der Waals surface area contributed by atoms with Crippen LogP contribution in [0.1, 0.15) is 28.3 Å². The molecule has 1 atom stereocenters. The van der Waals surface area contributed by atoms with Gasteiger partial charge < -0.3 is 19.7 Å². The van der Waals surface area contributed by atoms with Crippen LogP contribution in [0.5, 0.6) is 11.5 Å². The molecule has 37 heavy (non-hydrogen) atoms. The van der Waals surface area contributed by atoms with Gasteiger partial charge in [-0.05, 0) is 34.4 Å². The number of carbonyl (C=O) groups excluding carboxylic acids is 2. The molecule has 6 heteroatoms. The number of hydrogen-bond donors (Lipinski definition) is 1. The van der Waals surface area contributed by atoms with Crippen LogP contribution in [0.3, 0.4) is 0 Å². The lowest BCUT2D eigenvalue weighted by Crippen LogP contribution is -2.43. The van der Waals surface area contributed by atoms with Crippen LogP contribution in [0.4, 0.5) is 0 Å². The minimum absolute atomic E-state index is 0.123. The highest BCUT2D eigenvalue weighted by Gasteiger charge is 2.31. The van der Waals surface area contributed by atoms with Gasteiger partial charge in [-0.1, -0.05) is 97.1 Å². The molecule has 186 valence electrons. The lowest BCUT2D eigenvalue weighted by Gasteiger charge is -2.32. The fourth-order valence-electron chi connectivity index (χ4n) is 4.42. The Morgan fingerprint density at radius 3 is 2.05 bits per heavy atom. The van der Waals surface area contributed by atoms with E-state index in [-0.39, 0.29) is 25.0 Å². The number of hydrogen-bond acceptors (Lipinski definition) is 4. The molecule has 0 unspecified atom stereocenters. The Morgan fingerprint density at radius 1 is 0.730 bits per heavy atom. The van der Waals surface area contributed by atoms with Crippen molar-refractivity contribution in [2.24, 2.45) is 0 Å². The summed E-state index contributed by atoms with van der Waals surface area (Å²) < 4.78 is 10.9. The van der Waals surface area contributed by atoms with E-state index in [0.29, 0.717) is 24.6 Å². The van der Waals surface area contributed by atoms with Gasteiger partial charge in [0.1, 0.15) is 6.04 Å². The number of fused-ring (bicyclic) bond motifs is 1. The van der Waals surface area contributed by atoms with E-state index in [0.717, 1.165) is 22.3 Å². The number of nitrogens with one attached hydrogen (secondary N) is 1. The predicted octanol–water partition coefficient (Wildman–Crippen LogP) is 5.04. The molecule has 1 N–H and O–H groups in total. The molecule has 0 aromatic heterocycles. The topological polar surface area (TPSA) is 67.9 Å². The summed E-state index contributed by atoms with van der Waals surface area (Å²) in [7, 11) is 0. The van der Waals surface area contributed by atoms with Crippen LogP contribution in [-0.2, 0) is 29.1 Å². The molecule has 2 amide bonds. The van der Waals surface area contributed by atoms with Gasteiger partial charge in [-0.15, -0.1) is 0 Å². The summed E-state index contributed by atoms with van der Waals surface area (Å²) in [6, 6.07) is 33.6. The zero-order chi connectivity index (χ0) is 25.5. The van der Waals surface area contributed by atoms with Crippen molar-refractivity contribution in [2.45, 2.75) is 25.6 Å². The fourth-order valence-corrected chi connectivity index (χ4v) is 4.42. The molecule has 4 aromatic carbocycles. The average Bonchev–Trinajstić information content (AvgIpc) is 3.41. The summed E-state index contributed by atoms with van der Waals surface area (Å²) in [6.07, 6.45) is 0.201. The molecule has 1 aliphatic rings. The van der Waals surface area contributed by atoms with Crippen LogP contribution in [0.15, 0.2) is 109 Å². The van der Waals surface area contributed by atoms with Crippen molar-refractivity contribution in [3.05, 3.63) is 131 Å². The summed E-state index contributed by atoms with van der Waals surface area (Å²) in [5, 5.41) is 3.04. The minimum Gasteiger partial charge on any atom is -0.454 e. The van der Waals surface area contributed by atoms with Crippen molar-refractivity contribution in [1.82, 2.24) is 10.2 Å². The maximum Gasteiger partial charge on any atom is 0.247 e. The van der Waals surface area contributed by atoms with Gasteiger partial charge in [-0.3, -0.25) is 9.59 Å². The second-order valence-corrected chi connectivity index (χ2v) is 8.89. The number of rotatable bonds is 9. The first-order chi connectivity index (χ1) is 18.2. The Morgan fingerprint density at radius 2 is 1.35 bits per heavy atom. The molecule has 0 aliphatic carbocycles. The molecule has 0 radical (unpaired) electrons. The Kier molecular flexibility index (Phi) is 7.46. The van der Waals surface area contributed by atoms with E-state index in [4.69, 9.17) is 9.47 Å². The molecule has 0 saturated heterocycles. The summed E-state index contributed by atoms with van der Waals surface area (Å²) in [4.78, 5) is 29.2. The summed E-state index contributed by atoms with van der Waals surface area (Å²) in [5.41, 5.74) is 3.49. The van der Waals surface area contributed by atoms with Gasteiger partial charge in [0.15, 0.2) is 11.5 Å². The number of ether oxygens (including phenoxy) is 2. The van der Waals surface area contributed by atoms with E-state index in [1.54, 1.807) is 4.90 Å². The molecule has 5 rings (SSSR count). The maximum absolute atomic E-state index is 13.8. The lowest BCUT2D eigenvalue weighted by molar-refractivity contribution is -0.141. The first-order valence-electron chi connectivity index (χ1n) is 12.3. The second kappa shape index (κ2) is 11.4. The first kappa shape index (κ1) is 24.1. The molecule has 1 heterocycles. The van der Waals surface area contributed by atoms with Gasteiger partial charge >= 0.3 is 0 Å². The smallest absolute Gasteiger partial charge is 0.247 e. The van der Waals surface area contributed by atoms with Crippen molar-refractivity contribution in [3.63, 3.8) is 0 Å². The fraction of sp³-hybridized carbons (Fsp3) is 0.161. The maximum atomic E-state index is 13.8. The third-order valence-electron chi connectivity index (χ3n) is 6.29. The van der Waals surface area contributed by atoms with Crippen LogP contribution in [0.25, 0.3) is 0 Å². The quantitative estimate of drug-likeness (QED) is 0.355. The molecule has 6 nitrogen and oxygen atoms in total. The summed E-state index contributed by atoms with van der Waals surface area (Å²) in [5.74, 6) is 0.983. The molecular formula is C31H28N2O4. The van der Waals surface area contributed by atoms with Gasteiger partial charge in [-0.2, -0.15) is 0 Å². The molecule has 4 aromatic rings. The molecular weight excluding hydrogens is 464 g/mol. The second-order valence-electron chi connectivity index (χ2n) is 8.89. The van der Waals surface area contributed by atoms with Gasteiger partial charge in [-0.25, -0.2) is 0 Å². The van der Waals surface area contributed by atoms with E-state index < -0.39 is 6.04 Å². The van der Waals surface area contributed by atoms with E-state index in [1.807, 2.05) is 109 Å². The summed E-state index contributed by atoms with van der Waals surface area (Å²) in [6.45, 7) is 0.799. The highest BCUT2D eigenvalue weighted by atomic mass is 16.7. The van der Waals surface area contributed by atoms with E-state index in [2.05, 4.69) is 5.32 Å². The van der Waals surface area contributed by atoms with Crippen LogP contribution in [0, 0.1) is 0 Å². The van der Waals surface area contributed by atoms with E-state index in [1.165, 1.54) is 0 Å². The Bertz CT molecular complexity index is 1340. The molecule has 0 spiro atoms. The highest BCUT2D eigenvalue weighted by molar-refractivity contribution is 5.89. The zero-order valence-corrected chi connectivity index (χ0v) is 20.4. The van der Waals surface area contributed by atoms with Crippen molar-refractivity contribution in [3.8, 4) is 11.5 Å². The zero-order valence-electron chi connectivity index (χ0n) is 20.4. The monoisotopic (exact) mass is 492 g/mol. The number of amides is 2. The van der Waals surface area contributed by atoms with Crippen LogP contribution in [-0.4, -0.2) is 23.5 Å². The SMILES string of the molecule is O=C(NCc1ccc2c(c1)OCO2)[C@@H](c1ccccc1)N(Cc1ccccc1)C(=O)Cc1ccccc1. The molecule has 0 bridgehead atoms. The Hall–Kier alpha value is -4.58. The van der Waals surface area contributed by atoms with Crippen LogP contribution >= 0.6 is 0 Å². The molecule has 0 fully saturated rings. The molecule has 1 aliphatic heterocycles. The van der Waals surface area contributed by atoms with Crippen molar-refractivity contribution >= 4 is 11.8 Å². The third-order valence-corrected chi connectivity index (χ3v) is 6.29. The normalized spacial score (nSPS) is 12.5. The third kappa shape index (κ3) is 5.98. The largest absolute Gasteiger partial charge is 0.454 e. The Labute approximate surface area is 216 Å². The number of nitrogens with zero attached hydrogens (tertiary/aromatic N) is 1. The Balaban J connectivity index is 1.43. The van der Waals surface area contributed by atoms with Gasteiger partial charge in [0.25, 0.3) is 0 Å². The van der Waals surface area contributed by atoms with Crippen molar-refractivity contribution in [1.29, 1.82) is 0 Å². The van der Waals surface area contributed by atoms with Crippen LogP contribution < -0.4 is 14.8 Å². The van der Waals surface area contributed by atoms with Gasteiger partial charge in [0, 0.05) is 13.1 Å². The highest BCUT2D eigenvalue weighted by Crippen LogP contribution is 2.32. The van der Waals surface area contributed by atoms with Crippen LogP contribution in [0.2, 0.25) is 0 Å². The average molecular weight is 493 g/mol. The van der Waals surface area contributed by atoms with E-state index >= 15 is 0 Å². The molecule has 0 saturated carbocycles. The van der Waals surface area contributed by atoms with Crippen molar-refractivity contribution < 1.29 is 19.1 Å². The first-order valence-corrected chi connectivity index (χ1v) is 12.3. The summed E-state index contributed by atoms with van der Waals surface area (Å²) >= 11 is 0. The number of carbonyl (C=O) groups is 2. The van der Waals surface area contributed by atoms with Gasteiger partial charge in [0.05, 0.1) is 6.42 Å².